The molecule has 118 valence electrons. The lowest BCUT2D eigenvalue weighted by atomic mass is 10.1. The molecular weight excluding hydrogens is 319 g/mol. The first-order chi connectivity index (χ1) is 10.1. The summed E-state index contributed by atoms with van der Waals surface area (Å²) in [5, 5.41) is 0. The van der Waals surface area contributed by atoms with Crippen LogP contribution in [0.3, 0.4) is 0 Å². The molecule has 0 aliphatic carbocycles. The van der Waals surface area contributed by atoms with E-state index in [4.69, 9.17) is 0 Å². The summed E-state index contributed by atoms with van der Waals surface area (Å²) < 4.78 is 91.3. The Bertz CT molecular complexity index is 679. The molecule has 1 aromatic carbocycles. The normalized spacial score (nSPS) is 12.3. The first kappa shape index (κ1) is 16.1. The largest absolute Gasteiger partial charge is 0.573 e. The summed E-state index contributed by atoms with van der Waals surface area (Å²) in [7, 11) is 0. The molecule has 0 atom stereocenters. The van der Waals surface area contributed by atoms with E-state index in [1.54, 1.807) is 0 Å². The summed E-state index contributed by atoms with van der Waals surface area (Å²) in [4.78, 5) is 2.98. The van der Waals surface area contributed by atoms with Crippen molar-refractivity contribution in [3.8, 4) is 16.9 Å². The summed E-state index contributed by atoms with van der Waals surface area (Å²) in [6, 6.07) is 4.41. The standard InChI is InChI=1S/C13H6F7NO/c14-11-10(5-8(6-21-11)12(15,16)17)7-2-1-3-9(4-7)22-13(18,19)20/h1-6H. The Hall–Kier alpha value is -2.32. The van der Waals surface area contributed by atoms with Gasteiger partial charge < -0.3 is 4.74 Å². The predicted molar refractivity (Wildman–Crippen MR) is 61.3 cm³/mol. The molecule has 1 heterocycles. The predicted octanol–water partition coefficient (Wildman–Crippen LogP) is 4.81. The Morgan fingerprint density at radius 2 is 1.64 bits per heavy atom. The lowest BCUT2D eigenvalue weighted by Crippen LogP contribution is -2.17. The fourth-order valence-corrected chi connectivity index (χ4v) is 1.67. The molecule has 1 aromatic heterocycles. The van der Waals surface area contributed by atoms with Gasteiger partial charge >= 0.3 is 12.5 Å². The minimum absolute atomic E-state index is 0.224. The maximum absolute atomic E-state index is 13.6. The Morgan fingerprint density at radius 1 is 0.955 bits per heavy atom. The second-order valence-corrected chi connectivity index (χ2v) is 4.14. The molecule has 0 saturated carbocycles. The summed E-state index contributed by atoms with van der Waals surface area (Å²) in [5.41, 5.74) is -2.02. The van der Waals surface area contributed by atoms with Crippen LogP contribution in [0, 0.1) is 5.95 Å². The van der Waals surface area contributed by atoms with Crippen molar-refractivity contribution in [1.82, 2.24) is 4.98 Å². The van der Waals surface area contributed by atoms with Crippen molar-refractivity contribution in [2.75, 3.05) is 0 Å². The molecule has 0 radical (unpaired) electrons. The number of hydrogen-bond acceptors (Lipinski definition) is 2. The smallest absolute Gasteiger partial charge is 0.406 e. The molecule has 0 bridgehead atoms. The van der Waals surface area contributed by atoms with Gasteiger partial charge in [-0.1, -0.05) is 12.1 Å². The van der Waals surface area contributed by atoms with Gasteiger partial charge in [0.1, 0.15) is 5.75 Å². The highest BCUT2D eigenvalue weighted by molar-refractivity contribution is 5.65. The van der Waals surface area contributed by atoms with Crippen LogP contribution in [0.1, 0.15) is 5.56 Å². The van der Waals surface area contributed by atoms with Gasteiger partial charge in [0.05, 0.1) is 5.56 Å². The van der Waals surface area contributed by atoms with Gasteiger partial charge in [-0.3, -0.25) is 0 Å². The van der Waals surface area contributed by atoms with Gasteiger partial charge in [-0.15, -0.1) is 13.2 Å². The van der Waals surface area contributed by atoms with Crippen molar-refractivity contribution in [2.45, 2.75) is 12.5 Å². The molecule has 0 unspecified atom stereocenters. The highest BCUT2D eigenvalue weighted by Gasteiger charge is 2.33. The number of aromatic nitrogens is 1. The highest BCUT2D eigenvalue weighted by atomic mass is 19.4. The van der Waals surface area contributed by atoms with Crippen LogP contribution < -0.4 is 4.74 Å². The second kappa shape index (κ2) is 5.47. The third-order valence-electron chi connectivity index (χ3n) is 2.55. The number of alkyl halides is 6. The molecular formula is C13H6F7NO. The van der Waals surface area contributed by atoms with Crippen LogP contribution in [0.15, 0.2) is 36.5 Å². The number of nitrogens with zero attached hydrogens (tertiary/aromatic N) is 1. The number of rotatable bonds is 2. The fourth-order valence-electron chi connectivity index (χ4n) is 1.67. The fraction of sp³-hybridized carbons (Fsp3) is 0.154. The van der Waals surface area contributed by atoms with Crippen LogP contribution in [0.25, 0.3) is 11.1 Å². The van der Waals surface area contributed by atoms with Crippen molar-refractivity contribution in [3.05, 3.63) is 48.0 Å². The summed E-state index contributed by atoms with van der Waals surface area (Å²) in [6.45, 7) is 0. The van der Waals surface area contributed by atoms with Gasteiger partial charge in [0.15, 0.2) is 0 Å². The van der Waals surface area contributed by atoms with Crippen LogP contribution in [-0.4, -0.2) is 11.3 Å². The molecule has 0 fully saturated rings. The van der Waals surface area contributed by atoms with Crippen LogP contribution in [0.4, 0.5) is 30.7 Å². The van der Waals surface area contributed by atoms with Crippen LogP contribution >= 0.6 is 0 Å². The average molecular weight is 325 g/mol. The zero-order valence-corrected chi connectivity index (χ0v) is 10.5. The quantitative estimate of drug-likeness (QED) is 0.584. The van der Waals surface area contributed by atoms with Crippen molar-refractivity contribution >= 4 is 0 Å². The molecule has 2 aromatic rings. The SMILES string of the molecule is Fc1ncc(C(F)(F)F)cc1-c1cccc(OC(F)(F)F)c1. The summed E-state index contributed by atoms with van der Waals surface area (Å²) in [6.07, 6.45) is -9.42. The van der Waals surface area contributed by atoms with E-state index < -0.39 is 35.4 Å². The average Bonchev–Trinajstić information content (AvgIpc) is 2.36. The molecule has 9 heteroatoms. The summed E-state index contributed by atoms with van der Waals surface area (Å²) >= 11 is 0. The number of benzene rings is 1. The zero-order chi connectivity index (χ0) is 16.5. The van der Waals surface area contributed by atoms with E-state index in [2.05, 4.69) is 9.72 Å². The van der Waals surface area contributed by atoms with Gasteiger partial charge in [0.2, 0.25) is 5.95 Å². The summed E-state index contributed by atoms with van der Waals surface area (Å²) in [5.74, 6) is -1.92. The van der Waals surface area contributed by atoms with E-state index >= 15 is 0 Å². The van der Waals surface area contributed by atoms with Crippen LogP contribution in [0.2, 0.25) is 0 Å². The monoisotopic (exact) mass is 325 g/mol. The minimum atomic E-state index is -4.97. The van der Waals surface area contributed by atoms with Gasteiger partial charge in [0.25, 0.3) is 0 Å². The molecule has 0 saturated heterocycles. The van der Waals surface area contributed by atoms with Crippen LogP contribution in [0.5, 0.6) is 5.75 Å². The molecule has 0 aliphatic heterocycles. The Labute approximate surface area is 119 Å². The molecule has 2 nitrogen and oxygen atoms in total. The van der Waals surface area contributed by atoms with Gasteiger partial charge in [-0.05, 0) is 23.8 Å². The van der Waals surface area contributed by atoms with E-state index in [0.717, 1.165) is 24.3 Å². The molecule has 2 rings (SSSR count). The van der Waals surface area contributed by atoms with E-state index in [1.807, 2.05) is 0 Å². The first-order valence-corrected chi connectivity index (χ1v) is 5.65. The molecule has 22 heavy (non-hydrogen) atoms. The number of hydrogen-bond donors (Lipinski definition) is 0. The molecule has 0 amide bonds. The third kappa shape index (κ3) is 3.86. The van der Waals surface area contributed by atoms with Gasteiger partial charge in [-0.2, -0.15) is 17.6 Å². The number of pyridine rings is 1. The Morgan fingerprint density at radius 3 is 2.23 bits per heavy atom. The maximum Gasteiger partial charge on any atom is 0.573 e. The Balaban J connectivity index is 2.46. The number of ether oxygens (including phenoxy) is 1. The third-order valence-corrected chi connectivity index (χ3v) is 2.55. The second-order valence-electron chi connectivity index (χ2n) is 4.14. The van der Waals surface area contributed by atoms with Crippen molar-refractivity contribution in [2.24, 2.45) is 0 Å². The van der Waals surface area contributed by atoms with Crippen LogP contribution in [-0.2, 0) is 6.18 Å². The topological polar surface area (TPSA) is 22.1 Å². The van der Waals surface area contributed by atoms with E-state index in [1.165, 1.54) is 0 Å². The van der Waals surface area contributed by atoms with Crippen molar-refractivity contribution in [3.63, 3.8) is 0 Å². The van der Waals surface area contributed by atoms with E-state index in [9.17, 15) is 30.7 Å². The zero-order valence-electron chi connectivity index (χ0n) is 10.5. The van der Waals surface area contributed by atoms with E-state index in [0.29, 0.717) is 12.3 Å². The van der Waals surface area contributed by atoms with Crippen molar-refractivity contribution in [1.29, 1.82) is 0 Å². The van der Waals surface area contributed by atoms with Crippen molar-refractivity contribution < 1.29 is 35.5 Å². The first-order valence-electron chi connectivity index (χ1n) is 5.65. The van der Waals surface area contributed by atoms with Gasteiger partial charge in [0, 0.05) is 11.8 Å². The maximum atomic E-state index is 13.6. The minimum Gasteiger partial charge on any atom is -0.406 e. The lowest BCUT2D eigenvalue weighted by molar-refractivity contribution is -0.274. The van der Waals surface area contributed by atoms with Gasteiger partial charge in [-0.25, -0.2) is 4.98 Å². The molecule has 0 N–H and O–H groups in total. The number of halogens is 7. The Kier molecular flexibility index (Phi) is 3.99. The lowest BCUT2D eigenvalue weighted by Gasteiger charge is -2.12. The highest BCUT2D eigenvalue weighted by Crippen LogP contribution is 2.34. The van der Waals surface area contributed by atoms with E-state index in [-0.39, 0.29) is 5.56 Å². The molecule has 0 aliphatic rings. The molecule has 0 spiro atoms.